The molecule has 0 amide bonds. The van der Waals surface area contributed by atoms with Gasteiger partial charge in [-0.05, 0) is 71.3 Å². The fourth-order valence-electron chi connectivity index (χ4n) is 5.25. The molecule has 7 nitrogen and oxygen atoms in total. The van der Waals surface area contributed by atoms with E-state index in [2.05, 4.69) is 87.8 Å². The number of nitrogens with zero attached hydrogens (tertiary/aromatic N) is 5. The topological polar surface area (TPSA) is 79.7 Å². The van der Waals surface area contributed by atoms with Crippen LogP contribution in [-0.2, 0) is 19.5 Å². The number of aromatic amines is 1. The normalized spacial score (nSPS) is 12.3. The summed E-state index contributed by atoms with van der Waals surface area (Å²) in [4.78, 5) is 18.7. The minimum atomic E-state index is -0.0493. The fraction of sp³-hybridized carbons (Fsp3) is 0.290. The lowest BCUT2D eigenvalue weighted by Crippen LogP contribution is -2.34. The molecule has 0 fully saturated rings. The summed E-state index contributed by atoms with van der Waals surface area (Å²) < 4.78 is 1.89. The first-order valence-electron chi connectivity index (χ1n) is 13.2. The molecule has 2 heterocycles. The highest BCUT2D eigenvalue weighted by molar-refractivity contribution is 5.82. The van der Waals surface area contributed by atoms with E-state index < -0.39 is 0 Å². The van der Waals surface area contributed by atoms with E-state index in [9.17, 15) is 4.79 Å². The Morgan fingerprint density at radius 3 is 2.37 bits per heavy atom. The second-order valence-corrected chi connectivity index (χ2v) is 9.98. The van der Waals surface area contributed by atoms with Crippen molar-refractivity contribution < 1.29 is 0 Å². The van der Waals surface area contributed by atoms with Gasteiger partial charge in [-0.3, -0.25) is 9.69 Å². The summed E-state index contributed by atoms with van der Waals surface area (Å²) >= 11 is 0. The standard InChI is InChI=1S/C31H34N6O/c1-4-28(30-33-34-35-37(30)20-25-13-9-6-10-14-25)36(16-15-24-11-7-5-8-12-24)21-27-19-26-18-22(2)17-23(3)29(26)32-31(27)38/h5-14,17-19,28H,4,15-16,20-21H2,1-3H3,(H,32,38)/t28-/m0/s1. The Morgan fingerprint density at radius 1 is 0.947 bits per heavy atom. The van der Waals surface area contributed by atoms with Gasteiger partial charge in [-0.2, -0.15) is 0 Å². The molecule has 1 N–H and O–H groups in total. The lowest BCUT2D eigenvalue weighted by molar-refractivity contribution is 0.172. The Balaban J connectivity index is 1.50. The van der Waals surface area contributed by atoms with E-state index in [1.54, 1.807) is 0 Å². The Labute approximate surface area is 223 Å². The van der Waals surface area contributed by atoms with Gasteiger partial charge in [0.15, 0.2) is 5.82 Å². The van der Waals surface area contributed by atoms with Crippen LogP contribution in [0.4, 0.5) is 0 Å². The van der Waals surface area contributed by atoms with Crippen molar-refractivity contribution in [2.75, 3.05) is 6.54 Å². The van der Waals surface area contributed by atoms with Crippen molar-refractivity contribution in [3.8, 4) is 0 Å². The highest BCUT2D eigenvalue weighted by Gasteiger charge is 2.26. The molecular formula is C31H34N6O. The van der Waals surface area contributed by atoms with Gasteiger partial charge in [-0.15, -0.1) is 5.10 Å². The monoisotopic (exact) mass is 506 g/mol. The first-order valence-corrected chi connectivity index (χ1v) is 13.2. The summed E-state index contributed by atoms with van der Waals surface area (Å²) in [6.45, 7) is 8.15. The first kappa shape index (κ1) is 25.5. The lowest BCUT2D eigenvalue weighted by atomic mass is 10.0. The Bertz CT molecular complexity index is 1560. The lowest BCUT2D eigenvalue weighted by Gasteiger charge is -2.30. The number of H-pyrrole nitrogens is 1. The third-order valence-electron chi connectivity index (χ3n) is 7.13. The molecule has 5 rings (SSSR count). The van der Waals surface area contributed by atoms with Gasteiger partial charge in [0, 0.05) is 18.7 Å². The van der Waals surface area contributed by atoms with E-state index in [0.29, 0.717) is 13.1 Å². The Hall–Kier alpha value is -4.10. The molecule has 194 valence electrons. The fourth-order valence-corrected chi connectivity index (χ4v) is 5.25. The number of rotatable bonds is 10. The summed E-state index contributed by atoms with van der Waals surface area (Å²) in [5.74, 6) is 0.813. The van der Waals surface area contributed by atoms with Crippen LogP contribution in [0.5, 0.6) is 0 Å². The van der Waals surface area contributed by atoms with E-state index in [4.69, 9.17) is 0 Å². The third-order valence-corrected chi connectivity index (χ3v) is 7.13. The molecule has 0 spiro atoms. The van der Waals surface area contributed by atoms with Crippen LogP contribution in [0, 0.1) is 13.8 Å². The predicted molar refractivity (Wildman–Crippen MR) is 151 cm³/mol. The number of benzene rings is 3. The van der Waals surface area contributed by atoms with Crippen LogP contribution in [0.2, 0.25) is 0 Å². The molecule has 0 unspecified atom stereocenters. The highest BCUT2D eigenvalue weighted by Crippen LogP contribution is 2.26. The number of aryl methyl sites for hydroxylation is 2. The summed E-state index contributed by atoms with van der Waals surface area (Å²) in [7, 11) is 0. The van der Waals surface area contributed by atoms with E-state index in [1.165, 1.54) is 11.1 Å². The van der Waals surface area contributed by atoms with E-state index >= 15 is 0 Å². The number of pyridine rings is 1. The minimum absolute atomic E-state index is 0.0482. The van der Waals surface area contributed by atoms with Crippen LogP contribution in [0.1, 0.15) is 53.0 Å². The maximum atomic E-state index is 13.3. The van der Waals surface area contributed by atoms with Gasteiger partial charge in [0.1, 0.15) is 0 Å². The smallest absolute Gasteiger partial charge is 0.252 e. The van der Waals surface area contributed by atoms with Gasteiger partial charge in [0.05, 0.1) is 18.1 Å². The largest absolute Gasteiger partial charge is 0.321 e. The van der Waals surface area contributed by atoms with Gasteiger partial charge in [-0.1, -0.05) is 79.2 Å². The zero-order valence-electron chi connectivity index (χ0n) is 22.3. The van der Waals surface area contributed by atoms with Crippen molar-refractivity contribution in [2.45, 2.75) is 52.7 Å². The van der Waals surface area contributed by atoms with Gasteiger partial charge in [-0.25, -0.2) is 4.68 Å². The molecule has 0 saturated heterocycles. The molecule has 0 saturated carbocycles. The van der Waals surface area contributed by atoms with Crippen LogP contribution in [0.3, 0.4) is 0 Å². The zero-order valence-corrected chi connectivity index (χ0v) is 22.3. The molecule has 2 aromatic heterocycles. The first-order chi connectivity index (χ1) is 18.5. The molecule has 7 heteroatoms. The van der Waals surface area contributed by atoms with E-state index in [-0.39, 0.29) is 11.6 Å². The number of hydrogen-bond acceptors (Lipinski definition) is 5. The average molecular weight is 507 g/mol. The third kappa shape index (κ3) is 5.73. The molecule has 1 atom stereocenters. The van der Waals surface area contributed by atoms with Gasteiger partial charge in [0.2, 0.25) is 0 Å². The summed E-state index contributed by atoms with van der Waals surface area (Å²) in [6, 6.07) is 26.9. The number of tetrazole rings is 1. The second-order valence-electron chi connectivity index (χ2n) is 9.98. The molecule has 0 radical (unpaired) electrons. The molecule has 0 aliphatic rings. The number of hydrogen-bond donors (Lipinski definition) is 1. The van der Waals surface area contributed by atoms with Crippen molar-refractivity contribution >= 4 is 10.9 Å². The molecule has 0 aliphatic carbocycles. The SMILES string of the molecule is CC[C@@H](c1nnnn1Cc1ccccc1)N(CCc1ccccc1)Cc1cc2cc(C)cc(C)c2[nH]c1=O. The molecule has 5 aromatic rings. The van der Waals surface area contributed by atoms with Crippen LogP contribution in [-0.4, -0.2) is 36.6 Å². The van der Waals surface area contributed by atoms with Crippen molar-refractivity contribution in [1.29, 1.82) is 0 Å². The molecular weight excluding hydrogens is 472 g/mol. The molecule has 0 aliphatic heterocycles. The molecule has 38 heavy (non-hydrogen) atoms. The Morgan fingerprint density at radius 2 is 1.66 bits per heavy atom. The number of aromatic nitrogens is 5. The summed E-state index contributed by atoms with van der Waals surface area (Å²) in [5, 5.41) is 13.9. The van der Waals surface area contributed by atoms with Gasteiger partial charge in [0.25, 0.3) is 5.56 Å². The van der Waals surface area contributed by atoms with Crippen molar-refractivity contribution in [2.24, 2.45) is 0 Å². The number of fused-ring (bicyclic) bond motifs is 1. The van der Waals surface area contributed by atoms with Crippen LogP contribution >= 0.6 is 0 Å². The number of nitrogens with one attached hydrogen (secondary N) is 1. The molecule has 3 aromatic carbocycles. The quantitative estimate of drug-likeness (QED) is 0.275. The van der Waals surface area contributed by atoms with Crippen LogP contribution in [0.15, 0.2) is 83.7 Å². The van der Waals surface area contributed by atoms with Crippen LogP contribution in [0.25, 0.3) is 10.9 Å². The predicted octanol–water partition coefficient (Wildman–Crippen LogP) is 5.38. The second kappa shape index (κ2) is 11.5. The molecule has 0 bridgehead atoms. The van der Waals surface area contributed by atoms with E-state index in [1.807, 2.05) is 41.9 Å². The maximum Gasteiger partial charge on any atom is 0.252 e. The Kier molecular flexibility index (Phi) is 7.75. The zero-order chi connectivity index (χ0) is 26.5. The van der Waals surface area contributed by atoms with Crippen LogP contribution < -0.4 is 5.56 Å². The maximum absolute atomic E-state index is 13.3. The summed E-state index contributed by atoms with van der Waals surface area (Å²) in [6.07, 6.45) is 1.68. The average Bonchev–Trinajstić information content (AvgIpc) is 3.37. The van der Waals surface area contributed by atoms with Crippen molar-refractivity contribution in [1.82, 2.24) is 30.1 Å². The van der Waals surface area contributed by atoms with Crippen molar-refractivity contribution in [3.05, 3.63) is 123 Å². The van der Waals surface area contributed by atoms with Crippen molar-refractivity contribution in [3.63, 3.8) is 0 Å². The van der Waals surface area contributed by atoms with Gasteiger partial charge >= 0.3 is 0 Å². The highest BCUT2D eigenvalue weighted by atomic mass is 16.1. The van der Waals surface area contributed by atoms with Gasteiger partial charge < -0.3 is 4.98 Å². The minimum Gasteiger partial charge on any atom is -0.321 e. The summed E-state index contributed by atoms with van der Waals surface area (Å²) in [5.41, 5.74) is 6.26. The van der Waals surface area contributed by atoms with E-state index in [0.717, 1.165) is 52.8 Å².